The molecule has 0 unspecified atom stereocenters. The molecule has 140 valence electrons. The molecule has 1 heterocycles. The Kier molecular flexibility index (Phi) is 5.95. The van der Waals surface area contributed by atoms with E-state index in [2.05, 4.69) is 93.8 Å². The Bertz CT molecular complexity index is 912. The minimum Gasteiger partial charge on any atom is -0.318 e. The molecular weight excluding hydrogens is 328 g/mol. The molecule has 3 aromatic rings. The van der Waals surface area contributed by atoms with Gasteiger partial charge >= 0.3 is 0 Å². The lowest BCUT2D eigenvalue weighted by atomic mass is 9.99. The second-order valence-electron chi connectivity index (χ2n) is 7.34. The van der Waals surface area contributed by atoms with Crippen molar-refractivity contribution in [3.05, 3.63) is 82.7 Å². The average Bonchev–Trinajstić information content (AvgIpc) is 2.99. The Morgan fingerprint density at radius 1 is 0.963 bits per heavy atom. The van der Waals surface area contributed by atoms with Gasteiger partial charge in [0, 0.05) is 28.9 Å². The molecule has 0 bridgehead atoms. The predicted molar refractivity (Wildman–Crippen MR) is 117 cm³/mol. The normalized spacial score (nSPS) is 12.6. The van der Waals surface area contributed by atoms with Gasteiger partial charge in [0.05, 0.1) is 5.69 Å². The second-order valence-corrected chi connectivity index (χ2v) is 7.34. The van der Waals surface area contributed by atoms with Crippen LogP contribution in [0.2, 0.25) is 0 Å². The van der Waals surface area contributed by atoms with Crippen molar-refractivity contribution in [2.75, 3.05) is 0 Å². The Labute approximate surface area is 163 Å². The Morgan fingerprint density at radius 3 is 2.22 bits per heavy atom. The van der Waals surface area contributed by atoms with E-state index in [0.29, 0.717) is 5.92 Å². The van der Waals surface area contributed by atoms with E-state index in [1.807, 2.05) is 6.21 Å². The average molecular weight is 359 g/mol. The Morgan fingerprint density at radius 2 is 1.63 bits per heavy atom. The van der Waals surface area contributed by atoms with Crippen molar-refractivity contribution < 1.29 is 0 Å². The monoisotopic (exact) mass is 358 g/mol. The summed E-state index contributed by atoms with van der Waals surface area (Å²) >= 11 is 0. The maximum Gasteiger partial charge on any atom is 0.0630 e. The molecule has 0 aliphatic carbocycles. The van der Waals surface area contributed by atoms with Crippen LogP contribution in [0.5, 0.6) is 0 Å². The first kappa shape index (κ1) is 19.2. The van der Waals surface area contributed by atoms with E-state index < -0.39 is 0 Å². The first-order valence-electron chi connectivity index (χ1n) is 9.95. The predicted octanol–water partition coefficient (Wildman–Crippen LogP) is 6.92. The third-order valence-electron chi connectivity index (χ3n) is 5.50. The lowest BCUT2D eigenvalue weighted by Gasteiger charge is -2.10. The molecule has 0 amide bonds. The van der Waals surface area contributed by atoms with Gasteiger partial charge in [-0.2, -0.15) is 0 Å². The molecule has 0 saturated heterocycles. The number of hydrogen-bond donors (Lipinski definition) is 0. The maximum atomic E-state index is 4.70. The molecule has 1 aromatic heterocycles. The van der Waals surface area contributed by atoms with E-state index >= 15 is 0 Å². The SMILES string of the molecule is CCc1ccc(-n2c(C)cc(C=Nc3ccc([C@@H](C)CC)cc3)c2C)cc1. The number of aromatic nitrogens is 1. The van der Waals surface area contributed by atoms with Gasteiger partial charge in [-0.3, -0.25) is 4.99 Å². The molecule has 0 aliphatic heterocycles. The minimum atomic E-state index is 0.598. The number of aliphatic imine (C=N–C) groups is 1. The first-order chi connectivity index (χ1) is 13.0. The number of benzene rings is 2. The van der Waals surface area contributed by atoms with Crippen LogP contribution in [-0.2, 0) is 6.42 Å². The summed E-state index contributed by atoms with van der Waals surface area (Å²) in [5, 5.41) is 0. The molecular formula is C25H30N2. The van der Waals surface area contributed by atoms with Crippen LogP contribution in [0.1, 0.15) is 61.2 Å². The van der Waals surface area contributed by atoms with Crippen molar-refractivity contribution in [2.24, 2.45) is 4.99 Å². The third kappa shape index (κ3) is 4.21. The van der Waals surface area contributed by atoms with Gasteiger partial charge in [-0.05, 0) is 74.1 Å². The zero-order chi connectivity index (χ0) is 19.4. The molecule has 3 rings (SSSR count). The number of rotatable bonds is 6. The summed E-state index contributed by atoms with van der Waals surface area (Å²) in [7, 11) is 0. The minimum absolute atomic E-state index is 0.598. The van der Waals surface area contributed by atoms with Gasteiger partial charge < -0.3 is 4.57 Å². The highest BCUT2D eigenvalue weighted by Gasteiger charge is 2.09. The van der Waals surface area contributed by atoms with E-state index in [9.17, 15) is 0 Å². The van der Waals surface area contributed by atoms with Crippen molar-refractivity contribution in [3.8, 4) is 5.69 Å². The highest BCUT2D eigenvalue weighted by Crippen LogP contribution is 2.23. The molecule has 0 N–H and O–H groups in total. The molecule has 0 saturated carbocycles. The van der Waals surface area contributed by atoms with Crippen LogP contribution >= 0.6 is 0 Å². The molecule has 0 fully saturated rings. The van der Waals surface area contributed by atoms with E-state index in [1.165, 1.54) is 28.2 Å². The van der Waals surface area contributed by atoms with Crippen LogP contribution < -0.4 is 0 Å². The smallest absolute Gasteiger partial charge is 0.0630 e. The van der Waals surface area contributed by atoms with Crippen LogP contribution in [0.15, 0.2) is 59.6 Å². The van der Waals surface area contributed by atoms with Crippen LogP contribution in [0.4, 0.5) is 5.69 Å². The third-order valence-corrected chi connectivity index (χ3v) is 5.50. The summed E-state index contributed by atoms with van der Waals surface area (Å²) < 4.78 is 2.30. The highest BCUT2D eigenvalue weighted by atomic mass is 15.0. The molecule has 0 aliphatic rings. The van der Waals surface area contributed by atoms with Crippen LogP contribution in [0.3, 0.4) is 0 Å². The summed E-state index contributed by atoms with van der Waals surface area (Å²) in [5.41, 5.74) is 8.56. The maximum absolute atomic E-state index is 4.70. The van der Waals surface area contributed by atoms with Crippen molar-refractivity contribution >= 4 is 11.9 Å². The second kappa shape index (κ2) is 8.39. The summed E-state index contributed by atoms with van der Waals surface area (Å²) in [6, 6.07) is 19.6. The highest BCUT2D eigenvalue weighted by molar-refractivity contribution is 5.84. The van der Waals surface area contributed by atoms with Crippen LogP contribution in [0.25, 0.3) is 5.69 Å². The lowest BCUT2D eigenvalue weighted by Crippen LogP contribution is -1.99. The molecule has 2 aromatic carbocycles. The zero-order valence-electron chi connectivity index (χ0n) is 17.2. The van der Waals surface area contributed by atoms with E-state index in [0.717, 1.165) is 24.1 Å². The topological polar surface area (TPSA) is 17.3 Å². The lowest BCUT2D eigenvalue weighted by molar-refractivity contribution is 0.734. The number of hydrogen-bond acceptors (Lipinski definition) is 1. The van der Waals surface area contributed by atoms with Crippen LogP contribution in [0, 0.1) is 13.8 Å². The number of aryl methyl sites for hydroxylation is 2. The van der Waals surface area contributed by atoms with Gasteiger partial charge in [-0.1, -0.05) is 45.0 Å². The molecule has 0 radical (unpaired) electrons. The fraction of sp³-hybridized carbons (Fsp3) is 0.320. The van der Waals surface area contributed by atoms with Crippen molar-refractivity contribution in [3.63, 3.8) is 0 Å². The molecule has 27 heavy (non-hydrogen) atoms. The fourth-order valence-corrected chi connectivity index (χ4v) is 3.47. The molecule has 2 heteroatoms. The van der Waals surface area contributed by atoms with E-state index in [1.54, 1.807) is 0 Å². The van der Waals surface area contributed by atoms with Crippen molar-refractivity contribution in [1.82, 2.24) is 4.57 Å². The first-order valence-corrected chi connectivity index (χ1v) is 9.95. The van der Waals surface area contributed by atoms with Crippen LogP contribution in [-0.4, -0.2) is 10.8 Å². The van der Waals surface area contributed by atoms with Crippen molar-refractivity contribution in [2.45, 2.75) is 53.4 Å². The quantitative estimate of drug-likeness (QED) is 0.425. The van der Waals surface area contributed by atoms with Gasteiger partial charge in [0.25, 0.3) is 0 Å². The van der Waals surface area contributed by atoms with Gasteiger partial charge in [-0.25, -0.2) is 0 Å². The van der Waals surface area contributed by atoms with Gasteiger partial charge in [0.1, 0.15) is 0 Å². The largest absolute Gasteiger partial charge is 0.318 e. The van der Waals surface area contributed by atoms with Gasteiger partial charge in [0.15, 0.2) is 0 Å². The summed E-state index contributed by atoms with van der Waals surface area (Å²) in [4.78, 5) is 4.70. The molecule has 0 spiro atoms. The van der Waals surface area contributed by atoms with E-state index in [4.69, 9.17) is 4.99 Å². The number of nitrogens with zero attached hydrogens (tertiary/aromatic N) is 2. The van der Waals surface area contributed by atoms with Gasteiger partial charge in [0.2, 0.25) is 0 Å². The molecule has 2 nitrogen and oxygen atoms in total. The Hall–Kier alpha value is -2.61. The summed E-state index contributed by atoms with van der Waals surface area (Å²) in [6.07, 6.45) is 4.21. The van der Waals surface area contributed by atoms with E-state index in [-0.39, 0.29) is 0 Å². The van der Waals surface area contributed by atoms with Gasteiger partial charge in [-0.15, -0.1) is 0 Å². The standard InChI is InChI=1S/C25H30N2/c1-6-18(3)22-10-12-24(13-11-22)26-17-23-16-19(4)27(20(23)5)25-14-8-21(7-2)9-15-25/h8-18H,6-7H2,1-5H3/t18-/m0/s1. The zero-order valence-corrected chi connectivity index (χ0v) is 17.2. The summed E-state index contributed by atoms with van der Waals surface area (Å²) in [6.45, 7) is 11.0. The molecule has 1 atom stereocenters. The Balaban J connectivity index is 1.84. The summed E-state index contributed by atoms with van der Waals surface area (Å²) in [5.74, 6) is 0.598. The van der Waals surface area contributed by atoms with Crippen molar-refractivity contribution in [1.29, 1.82) is 0 Å². The fourth-order valence-electron chi connectivity index (χ4n) is 3.47.